The van der Waals surface area contributed by atoms with Crippen LogP contribution in [0, 0.1) is 17.8 Å². The number of pyridine rings is 1. The van der Waals surface area contributed by atoms with E-state index in [9.17, 15) is 9.90 Å². The molecule has 3 N–H and O–H groups in total. The van der Waals surface area contributed by atoms with Crippen molar-refractivity contribution in [1.82, 2.24) is 15.2 Å². The van der Waals surface area contributed by atoms with Gasteiger partial charge in [0.2, 0.25) is 0 Å². The third-order valence-electron chi connectivity index (χ3n) is 10.4. The van der Waals surface area contributed by atoms with Gasteiger partial charge in [-0.15, -0.1) is 0 Å². The maximum atomic E-state index is 13.3. The minimum absolute atomic E-state index is 0.0114. The van der Waals surface area contributed by atoms with E-state index in [1.54, 1.807) is 0 Å². The van der Waals surface area contributed by atoms with Crippen molar-refractivity contribution in [3.63, 3.8) is 0 Å². The Balaban J connectivity index is 1.03. The molecule has 3 unspecified atom stereocenters. The number of anilines is 1. The molecule has 45 heavy (non-hydrogen) atoms. The van der Waals surface area contributed by atoms with Crippen molar-refractivity contribution in [2.24, 2.45) is 17.8 Å². The molecule has 0 radical (unpaired) electrons. The first kappa shape index (κ1) is 30.4. The average molecular weight is 611 g/mol. The van der Waals surface area contributed by atoms with Crippen molar-refractivity contribution >= 4 is 11.7 Å². The van der Waals surface area contributed by atoms with E-state index < -0.39 is 6.29 Å². The molecular formula is C37H46N4O4. The van der Waals surface area contributed by atoms with Crippen LogP contribution < -0.4 is 10.6 Å². The summed E-state index contributed by atoms with van der Waals surface area (Å²) in [5, 5.41) is 16.1. The quantitative estimate of drug-likeness (QED) is 0.247. The fourth-order valence-electron chi connectivity index (χ4n) is 8.75. The smallest absolute Gasteiger partial charge is 0.319 e. The molecule has 8 nitrogen and oxygen atoms in total. The van der Waals surface area contributed by atoms with Gasteiger partial charge in [0.1, 0.15) is 0 Å². The molecule has 8 rings (SSSR count). The SMILES string of the molecule is CN(CCc1ccccn1)CC1CC(c2ccc(CO)cc2)OC(c2cccc(NC(=O)NC34CC5CC(CC(C5)C3)C4)c2)O1. The van der Waals surface area contributed by atoms with Crippen molar-refractivity contribution in [3.05, 3.63) is 95.3 Å². The Bertz CT molecular complexity index is 1410. The number of hydrogen-bond donors (Lipinski definition) is 3. The van der Waals surface area contributed by atoms with Crippen LogP contribution >= 0.6 is 0 Å². The molecule has 1 aromatic heterocycles. The Morgan fingerprint density at radius 2 is 1.69 bits per heavy atom. The number of aliphatic hydroxyl groups excluding tert-OH is 1. The zero-order chi connectivity index (χ0) is 30.8. The summed E-state index contributed by atoms with van der Waals surface area (Å²) in [6, 6.07) is 21.7. The molecule has 1 saturated heterocycles. The van der Waals surface area contributed by atoms with E-state index in [4.69, 9.17) is 9.47 Å². The molecular weight excluding hydrogens is 564 g/mol. The van der Waals surface area contributed by atoms with Gasteiger partial charge in [0, 0.05) is 54.6 Å². The molecule has 4 saturated carbocycles. The van der Waals surface area contributed by atoms with Crippen LogP contribution in [0.5, 0.6) is 0 Å². The number of aromatic nitrogens is 1. The Labute approximate surface area is 266 Å². The maximum Gasteiger partial charge on any atom is 0.319 e. The van der Waals surface area contributed by atoms with Crippen molar-refractivity contribution in [1.29, 1.82) is 0 Å². The zero-order valence-electron chi connectivity index (χ0n) is 26.2. The van der Waals surface area contributed by atoms with Gasteiger partial charge in [0.05, 0.1) is 18.8 Å². The zero-order valence-corrected chi connectivity index (χ0v) is 26.2. The van der Waals surface area contributed by atoms with Crippen LogP contribution in [0.25, 0.3) is 0 Å². The summed E-state index contributed by atoms with van der Waals surface area (Å²) >= 11 is 0. The molecule has 3 atom stereocenters. The van der Waals surface area contributed by atoms with Crippen LogP contribution in [0.4, 0.5) is 10.5 Å². The van der Waals surface area contributed by atoms with E-state index in [-0.39, 0.29) is 30.4 Å². The number of hydrogen-bond acceptors (Lipinski definition) is 6. The highest BCUT2D eigenvalue weighted by Gasteiger charge is 2.51. The van der Waals surface area contributed by atoms with Gasteiger partial charge >= 0.3 is 6.03 Å². The fraction of sp³-hybridized carbons (Fsp3) is 0.514. The van der Waals surface area contributed by atoms with E-state index in [0.717, 1.165) is 84.6 Å². The van der Waals surface area contributed by atoms with E-state index >= 15 is 0 Å². The molecule has 5 fully saturated rings. The number of carbonyl (C=O) groups excluding carboxylic acids is 1. The number of rotatable bonds is 10. The molecule has 3 aromatic rings. The molecule has 0 spiro atoms. The van der Waals surface area contributed by atoms with E-state index in [0.29, 0.717) is 6.42 Å². The van der Waals surface area contributed by atoms with Crippen LogP contribution in [0.15, 0.2) is 72.9 Å². The van der Waals surface area contributed by atoms with Gasteiger partial charge in [0.15, 0.2) is 6.29 Å². The van der Waals surface area contributed by atoms with Gasteiger partial charge in [-0.05, 0) is 98.7 Å². The predicted molar refractivity (Wildman–Crippen MR) is 173 cm³/mol. The number of amides is 2. The highest BCUT2D eigenvalue weighted by Crippen LogP contribution is 2.55. The fourth-order valence-corrected chi connectivity index (χ4v) is 8.75. The largest absolute Gasteiger partial charge is 0.392 e. The Kier molecular flexibility index (Phi) is 8.91. The predicted octanol–water partition coefficient (Wildman–Crippen LogP) is 6.38. The Morgan fingerprint density at radius 3 is 2.38 bits per heavy atom. The summed E-state index contributed by atoms with van der Waals surface area (Å²) in [4.78, 5) is 20.1. The van der Waals surface area contributed by atoms with Gasteiger partial charge < -0.3 is 30.1 Å². The minimum Gasteiger partial charge on any atom is -0.392 e. The topological polar surface area (TPSA) is 96.0 Å². The highest BCUT2D eigenvalue weighted by molar-refractivity contribution is 5.90. The number of ether oxygens (including phenoxy) is 2. The van der Waals surface area contributed by atoms with Crippen molar-refractivity contribution < 1.29 is 19.4 Å². The maximum absolute atomic E-state index is 13.3. The summed E-state index contributed by atoms with van der Waals surface area (Å²) in [6.45, 7) is 1.64. The molecule has 2 amide bonds. The Hall–Kier alpha value is -3.30. The lowest BCUT2D eigenvalue weighted by Crippen LogP contribution is -2.60. The Morgan fingerprint density at radius 1 is 0.933 bits per heavy atom. The number of urea groups is 1. The number of aliphatic hydroxyl groups is 1. The number of nitrogens with one attached hydrogen (secondary N) is 2. The second kappa shape index (κ2) is 13.2. The second-order valence-corrected chi connectivity index (χ2v) is 14.1. The molecule has 5 aliphatic rings. The minimum atomic E-state index is -0.580. The average Bonchev–Trinajstić information content (AvgIpc) is 3.03. The first-order valence-corrected chi connectivity index (χ1v) is 16.7. The second-order valence-electron chi connectivity index (χ2n) is 14.1. The summed E-state index contributed by atoms with van der Waals surface area (Å²) < 4.78 is 13.2. The summed E-state index contributed by atoms with van der Waals surface area (Å²) in [5.74, 6) is 2.32. The molecule has 2 heterocycles. The van der Waals surface area contributed by atoms with E-state index in [1.165, 1.54) is 19.3 Å². The number of nitrogens with zero attached hydrogens (tertiary/aromatic N) is 2. The van der Waals surface area contributed by atoms with Gasteiger partial charge in [-0.1, -0.05) is 42.5 Å². The van der Waals surface area contributed by atoms with Crippen LogP contribution in [0.1, 0.15) is 79.7 Å². The van der Waals surface area contributed by atoms with E-state index in [2.05, 4.69) is 33.6 Å². The lowest BCUT2D eigenvalue weighted by Gasteiger charge is -2.56. The molecule has 8 heteroatoms. The van der Waals surface area contributed by atoms with Gasteiger partial charge in [0.25, 0.3) is 0 Å². The monoisotopic (exact) mass is 610 g/mol. The van der Waals surface area contributed by atoms with Crippen molar-refractivity contribution in [2.75, 3.05) is 25.5 Å². The van der Waals surface area contributed by atoms with Crippen LogP contribution in [-0.2, 0) is 22.5 Å². The molecule has 2 aromatic carbocycles. The third-order valence-corrected chi connectivity index (χ3v) is 10.4. The number of likely N-dealkylation sites (N-methyl/N-ethyl adjacent to an activating group) is 1. The standard InChI is InChI=1S/C37H46N4O4/c1-41(14-12-31-6-2-3-13-38-31)23-33-19-34(29-10-8-25(24-42)9-11-29)45-35(44-33)30-5-4-7-32(18-30)39-36(43)40-37-20-26-15-27(21-37)17-28(16-26)22-37/h2-11,13,18,26-28,33-35,42H,12,14-17,19-24H2,1H3,(H2,39,40,43). The molecule has 4 bridgehead atoms. The van der Waals surface area contributed by atoms with E-state index in [1.807, 2.05) is 66.9 Å². The van der Waals surface area contributed by atoms with Gasteiger partial charge in [-0.3, -0.25) is 4.98 Å². The molecule has 1 aliphatic heterocycles. The first-order chi connectivity index (χ1) is 21.9. The van der Waals surface area contributed by atoms with Crippen molar-refractivity contribution in [3.8, 4) is 0 Å². The van der Waals surface area contributed by atoms with Gasteiger partial charge in [-0.2, -0.15) is 0 Å². The lowest BCUT2D eigenvalue weighted by atomic mass is 9.53. The van der Waals surface area contributed by atoms with Crippen LogP contribution in [-0.4, -0.2) is 52.8 Å². The first-order valence-electron chi connectivity index (χ1n) is 16.7. The van der Waals surface area contributed by atoms with Crippen LogP contribution in [0.3, 0.4) is 0 Å². The molecule has 4 aliphatic carbocycles. The normalized spacial score (nSPS) is 30.4. The summed E-state index contributed by atoms with van der Waals surface area (Å²) in [6.07, 6.45) is 10.0. The van der Waals surface area contributed by atoms with Crippen LogP contribution in [0.2, 0.25) is 0 Å². The summed E-state index contributed by atoms with van der Waals surface area (Å²) in [7, 11) is 2.12. The number of benzene rings is 2. The molecule has 238 valence electrons. The highest BCUT2D eigenvalue weighted by atomic mass is 16.7. The van der Waals surface area contributed by atoms with Crippen molar-refractivity contribution in [2.45, 2.75) is 82.0 Å². The van der Waals surface area contributed by atoms with Gasteiger partial charge in [-0.25, -0.2) is 4.79 Å². The number of carbonyl (C=O) groups is 1. The third kappa shape index (κ3) is 7.25. The summed E-state index contributed by atoms with van der Waals surface area (Å²) in [5.41, 5.74) is 4.58. The lowest BCUT2D eigenvalue weighted by molar-refractivity contribution is -0.252.